The first-order valence-corrected chi connectivity index (χ1v) is 6.00. The molecule has 0 unspecified atom stereocenters. The van der Waals surface area contributed by atoms with Gasteiger partial charge in [-0.25, -0.2) is 0 Å². The van der Waals surface area contributed by atoms with E-state index in [9.17, 15) is 4.79 Å². The first kappa shape index (κ1) is 11.6. The molecular weight excluding hydrogens is 210 g/mol. The second kappa shape index (κ2) is 5.48. The van der Waals surface area contributed by atoms with E-state index in [-0.39, 0.29) is 7.33 Å². The van der Waals surface area contributed by atoms with Gasteiger partial charge in [-0.1, -0.05) is 42.5 Å². The molecule has 1 aromatic carbocycles. The maximum absolute atomic E-state index is 10.7. The number of allylic oxidation sites excluding steroid dienone is 4. The van der Waals surface area contributed by atoms with E-state index in [2.05, 4.69) is 42.5 Å². The molecule has 1 aliphatic carbocycles. The maximum atomic E-state index is 10.7. The zero-order chi connectivity index (χ0) is 12.1. The largest absolute Gasteiger partial charge is 0.370 e. The van der Waals surface area contributed by atoms with E-state index in [0.29, 0.717) is 6.42 Å². The van der Waals surface area contributed by atoms with Crippen LogP contribution in [0.1, 0.15) is 31.8 Å². The molecule has 0 fully saturated rings. The molecule has 2 N–H and O–H groups in total. The highest BCUT2D eigenvalue weighted by Crippen LogP contribution is 2.21. The number of hydrogen-bond acceptors (Lipinski definition) is 1. The van der Waals surface area contributed by atoms with E-state index >= 15 is 0 Å². The molecule has 2 nitrogen and oxygen atoms in total. The smallest absolute Gasteiger partial charge is 0.217 e. The zero-order valence-corrected chi connectivity index (χ0v) is 9.86. The molecule has 0 aliphatic heterocycles. The molecule has 1 aliphatic rings. The minimum atomic E-state index is -0.244. The van der Waals surface area contributed by atoms with Gasteiger partial charge in [-0.3, -0.25) is 4.79 Å². The Hall–Kier alpha value is -1.83. The van der Waals surface area contributed by atoms with Gasteiger partial charge >= 0.3 is 0 Å². The molecule has 1 aromatic rings. The van der Waals surface area contributed by atoms with Gasteiger partial charge < -0.3 is 5.73 Å². The number of carbonyl (C=O) groups excluding carboxylic acids is 1. The van der Waals surface area contributed by atoms with Crippen LogP contribution in [-0.4, -0.2) is 5.91 Å². The van der Waals surface area contributed by atoms with Gasteiger partial charge in [0, 0.05) is 7.85 Å². The Kier molecular flexibility index (Phi) is 3.76. The zero-order valence-electron chi connectivity index (χ0n) is 9.86. The summed E-state index contributed by atoms with van der Waals surface area (Å²) in [4.78, 5) is 10.7. The highest BCUT2D eigenvalue weighted by Gasteiger charge is 2.02. The number of carbonyl (C=O) groups is 1. The highest BCUT2D eigenvalue weighted by atomic mass is 16.1. The van der Waals surface area contributed by atoms with Gasteiger partial charge in [0.25, 0.3) is 0 Å². The van der Waals surface area contributed by atoms with Gasteiger partial charge in [0.2, 0.25) is 5.91 Å². The third kappa shape index (κ3) is 3.31. The third-order valence-corrected chi connectivity index (χ3v) is 2.94. The first-order chi connectivity index (χ1) is 8.25. The van der Waals surface area contributed by atoms with Crippen LogP contribution in [0.2, 0.25) is 0 Å². The minimum absolute atomic E-state index is 0. The number of benzene rings is 1. The summed E-state index contributed by atoms with van der Waals surface area (Å²) >= 11 is 0. The van der Waals surface area contributed by atoms with E-state index in [1.165, 1.54) is 11.1 Å². The lowest BCUT2D eigenvalue weighted by Crippen LogP contribution is -2.11. The fraction of sp³-hybridized carbons (Fsp3) is 0.267. The van der Waals surface area contributed by atoms with Crippen molar-refractivity contribution < 1.29 is 6.22 Å². The van der Waals surface area contributed by atoms with Crippen LogP contribution in [0.4, 0.5) is 0 Å². The fourth-order valence-corrected chi connectivity index (χ4v) is 1.96. The second-order valence-corrected chi connectivity index (χ2v) is 4.30. The minimum Gasteiger partial charge on any atom is -0.370 e. The van der Waals surface area contributed by atoms with Crippen LogP contribution in [0.3, 0.4) is 0 Å². The Morgan fingerprint density at radius 3 is 2.59 bits per heavy atom. The Morgan fingerprint density at radius 2 is 2.00 bits per heavy atom. The lowest BCUT2D eigenvalue weighted by Gasteiger charge is -2.08. The third-order valence-electron chi connectivity index (χ3n) is 2.94. The van der Waals surface area contributed by atoms with Crippen LogP contribution in [0.5, 0.6) is 0 Å². The normalized spacial score (nSPS) is 14.5. The van der Waals surface area contributed by atoms with Crippen molar-refractivity contribution in [1.29, 1.82) is 0 Å². The van der Waals surface area contributed by atoms with Crippen molar-refractivity contribution in [3.63, 3.8) is 0 Å². The number of primary amides is 1. The average molecular weight is 229 g/mol. The topological polar surface area (TPSA) is 43.1 Å². The molecule has 0 radical (unpaired) electrons. The van der Waals surface area contributed by atoms with Crippen molar-refractivity contribution in [2.75, 3.05) is 0 Å². The standard InChI is InChI=1S/C15H17NO.H2/c16-15(17)11-8-12-6-9-14(10-7-12)13-4-2-1-3-5-13;/h2,4-7,9-10H,1,3,8,11H2,(H2,16,17);1H. The molecule has 2 rings (SSSR count). The van der Waals surface area contributed by atoms with Gasteiger partial charge in [0.15, 0.2) is 0 Å². The molecule has 0 saturated carbocycles. The molecular formula is C15H19NO. The van der Waals surface area contributed by atoms with Crippen molar-refractivity contribution in [1.82, 2.24) is 0 Å². The Morgan fingerprint density at radius 1 is 1.24 bits per heavy atom. The van der Waals surface area contributed by atoms with Crippen molar-refractivity contribution in [2.24, 2.45) is 5.73 Å². The summed E-state index contributed by atoms with van der Waals surface area (Å²) in [7, 11) is 0. The van der Waals surface area contributed by atoms with Gasteiger partial charge in [0.05, 0.1) is 0 Å². The Labute approximate surface area is 103 Å². The molecule has 2 heteroatoms. The monoisotopic (exact) mass is 229 g/mol. The van der Waals surface area contributed by atoms with Crippen LogP contribution in [0.25, 0.3) is 5.57 Å². The van der Waals surface area contributed by atoms with Gasteiger partial charge in [-0.15, -0.1) is 0 Å². The van der Waals surface area contributed by atoms with Crippen molar-refractivity contribution in [2.45, 2.75) is 25.7 Å². The number of nitrogens with two attached hydrogens (primary N) is 1. The summed E-state index contributed by atoms with van der Waals surface area (Å²) in [5, 5.41) is 0. The lowest BCUT2D eigenvalue weighted by atomic mass is 9.98. The van der Waals surface area contributed by atoms with Crippen LogP contribution in [-0.2, 0) is 11.2 Å². The summed E-state index contributed by atoms with van der Waals surface area (Å²) in [6.45, 7) is 0. The maximum Gasteiger partial charge on any atom is 0.217 e. The molecule has 0 heterocycles. The van der Waals surface area contributed by atoms with E-state index < -0.39 is 0 Å². The number of hydrogen-bond donors (Lipinski definition) is 1. The van der Waals surface area contributed by atoms with Gasteiger partial charge in [0.1, 0.15) is 0 Å². The highest BCUT2D eigenvalue weighted by molar-refractivity contribution is 5.75. The van der Waals surface area contributed by atoms with Crippen molar-refractivity contribution in [3.8, 4) is 0 Å². The average Bonchev–Trinajstić information content (AvgIpc) is 2.38. The SMILES string of the molecule is NC(=O)CCc1ccc(C2=CCCC=C2)cc1.[HH]. The lowest BCUT2D eigenvalue weighted by molar-refractivity contribution is -0.117. The van der Waals surface area contributed by atoms with Crippen molar-refractivity contribution in [3.05, 3.63) is 53.6 Å². The number of rotatable bonds is 4. The Balaban J connectivity index is 0.00000162. The van der Waals surface area contributed by atoms with E-state index in [0.717, 1.165) is 24.8 Å². The van der Waals surface area contributed by atoms with Gasteiger partial charge in [-0.05, 0) is 36.0 Å². The number of aryl methyl sites for hydroxylation is 1. The van der Waals surface area contributed by atoms with Crippen LogP contribution in [0, 0.1) is 0 Å². The summed E-state index contributed by atoms with van der Waals surface area (Å²) in [5.41, 5.74) is 8.82. The van der Waals surface area contributed by atoms with Crippen LogP contribution in [0.15, 0.2) is 42.5 Å². The van der Waals surface area contributed by atoms with Crippen LogP contribution < -0.4 is 5.73 Å². The predicted molar refractivity (Wildman–Crippen MR) is 72.4 cm³/mol. The molecule has 1 amide bonds. The van der Waals surface area contributed by atoms with Crippen LogP contribution >= 0.6 is 0 Å². The van der Waals surface area contributed by atoms with E-state index in [1.807, 2.05) is 0 Å². The molecule has 0 spiro atoms. The second-order valence-electron chi connectivity index (χ2n) is 4.30. The summed E-state index contributed by atoms with van der Waals surface area (Å²) in [6, 6.07) is 8.36. The first-order valence-electron chi connectivity index (χ1n) is 6.00. The van der Waals surface area contributed by atoms with E-state index in [1.54, 1.807) is 0 Å². The summed E-state index contributed by atoms with van der Waals surface area (Å²) in [6.07, 6.45) is 10.0. The Bertz CT molecular complexity index is 460. The molecule has 17 heavy (non-hydrogen) atoms. The van der Waals surface area contributed by atoms with Crippen molar-refractivity contribution >= 4 is 11.5 Å². The summed E-state index contributed by atoms with van der Waals surface area (Å²) in [5.74, 6) is -0.244. The number of amides is 1. The van der Waals surface area contributed by atoms with E-state index in [4.69, 9.17) is 5.73 Å². The molecule has 90 valence electrons. The molecule has 0 bridgehead atoms. The predicted octanol–water partition coefficient (Wildman–Crippen LogP) is 3.08. The summed E-state index contributed by atoms with van der Waals surface area (Å²) < 4.78 is 0. The molecule has 0 atom stereocenters. The molecule has 0 aromatic heterocycles. The quantitative estimate of drug-likeness (QED) is 0.847. The fourth-order valence-electron chi connectivity index (χ4n) is 1.96. The molecule has 0 saturated heterocycles. The van der Waals surface area contributed by atoms with Gasteiger partial charge in [-0.2, -0.15) is 0 Å².